The van der Waals surface area contributed by atoms with Crippen molar-refractivity contribution < 1.29 is 9.59 Å². The number of thiazole rings is 1. The number of likely N-dealkylation sites (tertiary alicyclic amines) is 1. The Kier molecular flexibility index (Phi) is 5.76. The Balaban J connectivity index is 1.79. The smallest absolute Gasteiger partial charge is 0.321 e. The average molecular weight is 324 g/mol. The molecule has 1 aliphatic rings. The van der Waals surface area contributed by atoms with Crippen LogP contribution in [0.1, 0.15) is 38.5 Å². The molecule has 0 radical (unpaired) electrons. The first-order valence-electron chi connectivity index (χ1n) is 7.78. The zero-order valence-corrected chi connectivity index (χ0v) is 14.2. The molecule has 1 aromatic rings. The van der Waals surface area contributed by atoms with Crippen molar-refractivity contribution in [1.29, 1.82) is 0 Å². The van der Waals surface area contributed by atoms with E-state index in [9.17, 15) is 9.59 Å². The Morgan fingerprint density at radius 1 is 1.50 bits per heavy atom. The molecule has 1 atom stereocenters. The first-order valence-corrected chi connectivity index (χ1v) is 8.59. The molecular formula is C15H24N4O2S. The highest BCUT2D eigenvalue weighted by Crippen LogP contribution is 2.21. The van der Waals surface area contributed by atoms with Gasteiger partial charge >= 0.3 is 6.03 Å². The van der Waals surface area contributed by atoms with Crippen LogP contribution in [0.2, 0.25) is 0 Å². The van der Waals surface area contributed by atoms with Crippen LogP contribution >= 0.6 is 11.3 Å². The summed E-state index contributed by atoms with van der Waals surface area (Å²) in [6.45, 7) is 7.48. The standard InChI is InChI=1S/C15H24N4O2S/c1-4-13(20)19-6-5-11(9-19)17-14(21)18-15-16-8-12(22-15)7-10(2)3/h8,10-11H,4-7,9H2,1-3H3,(H2,16,17,18,21). The number of aromatic nitrogens is 1. The van der Waals surface area contributed by atoms with Crippen LogP contribution < -0.4 is 10.6 Å². The number of hydrogen-bond acceptors (Lipinski definition) is 4. The normalized spacial score (nSPS) is 17.8. The maximum Gasteiger partial charge on any atom is 0.321 e. The molecule has 1 aliphatic heterocycles. The van der Waals surface area contributed by atoms with Gasteiger partial charge in [-0.3, -0.25) is 10.1 Å². The molecular weight excluding hydrogens is 300 g/mol. The van der Waals surface area contributed by atoms with Crippen molar-refractivity contribution >= 4 is 28.4 Å². The molecule has 122 valence electrons. The molecule has 2 heterocycles. The van der Waals surface area contributed by atoms with Crippen LogP contribution in [0.25, 0.3) is 0 Å². The molecule has 22 heavy (non-hydrogen) atoms. The second-order valence-electron chi connectivity index (χ2n) is 6.01. The second kappa shape index (κ2) is 7.58. The monoisotopic (exact) mass is 324 g/mol. The van der Waals surface area contributed by atoms with Crippen LogP contribution in [-0.2, 0) is 11.2 Å². The highest BCUT2D eigenvalue weighted by atomic mass is 32.1. The van der Waals surface area contributed by atoms with Crippen LogP contribution in [0, 0.1) is 5.92 Å². The highest BCUT2D eigenvalue weighted by molar-refractivity contribution is 7.15. The van der Waals surface area contributed by atoms with Gasteiger partial charge in [-0.25, -0.2) is 9.78 Å². The van der Waals surface area contributed by atoms with E-state index in [1.165, 1.54) is 16.2 Å². The number of amides is 3. The molecule has 1 unspecified atom stereocenters. The van der Waals surface area contributed by atoms with E-state index in [1.807, 2.05) is 13.1 Å². The van der Waals surface area contributed by atoms with E-state index in [2.05, 4.69) is 29.5 Å². The fourth-order valence-corrected chi connectivity index (χ4v) is 3.53. The molecule has 1 aromatic heterocycles. The molecule has 0 spiro atoms. The summed E-state index contributed by atoms with van der Waals surface area (Å²) in [5.41, 5.74) is 0. The van der Waals surface area contributed by atoms with Crippen LogP contribution in [0.3, 0.4) is 0 Å². The lowest BCUT2D eigenvalue weighted by molar-refractivity contribution is -0.129. The number of carbonyl (C=O) groups excluding carboxylic acids is 2. The topological polar surface area (TPSA) is 74.3 Å². The maximum absolute atomic E-state index is 12.0. The molecule has 3 amide bonds. The summed E-state index contributed by atoms with van der Waals surface area (Å²) in [5.74, 6) is 0.714. The molecule has 2 rings (SSSR count). The third-order valence-electron chi connectivity index (χ3n) is 3.56. The van der Waals surface area contributed by atoms with E-state index in [0.29, 0.717) is 30.6 Å². The molecule has 0 saturated carbocycles. The zero-order valence-electron chi connectivity index (χ0n) is 13.4. The van der Waals surface area contributed by atoms with Gasteiger partial charge in [-0.1, -0.05) is 20.8 Å². The van der Waals surface area contributed by atoms with Crippen LogP contribution in [0.15, 0.2) is 6.20 Å². The Morgan fingerprint density at radius 2 is 2.27 bits per heavy atom. The lowest BCUT2D eigenvalue weighted by Gasteiger charge is -2.16. The first-order chi connectivity index (χ1) is 10.5. The predicted octanol–water partition coefficient (Wildman–Crippen LogP) is 2.47. The van der Waals surface area contributed by atoms with E-state index in [-0.39, 0.29) is 18.0 Å². The predicted molar refractivity (Wildman–Crippen MR) is 88.1 cm³/mol. The third-order valence-corrected chi connectivity index (χ3v) is 4.50. The molecule has 1 saturated heterocycles. The van der Waals surface area contributed by atoms with E-state index in [4.69, 9.17) is 0 Å². The largest absolute Gasteiger partial charge is 0.341 e. The molecule has 0 bridgehead atoms. The Hall–Kier alpha value is -1.63. The molecule has 0 aliphatic carbocycles. The Labute approximate surface area is 135 Å². The van der Waals surface area contributed by atoms with Crippen LogP contribution in [0.5, 0.6) is 0 Å². The number of hydrogen-bond donors (Lipinski definition) is 2. The van der Waals surface area contributed by atoms with E-state index < -0.39 is 0 Å². The summed E-state index contributed by atoms with van der Waals surface area (Å²) in [7, 11) is 0. The van der Waals surface area contributed by atoms with Gasteiger partial charge in [0.25, 0.3) is 0 Å². The Morgan fingerprint density at radius 3 is 2.95 bits per heavy atom. The Bertz CT molecular complexity index is 529. The van der Waals surface area contributed by atoms with Crippen molar-refractivity contribution in [3.05, 3.63) is 11.1 Å². The van der Waals surface area contributed by atoms with E-state index in [1.54, 1.807) is 4.90 Å². The van der Waals surface area contributed by atoms with Crippen molar-refractivity contribution in [3.8, 4) is 0 Å². The number of carbonyl (C=O) groups is 2. The summed E-state index contributed by atoms with van der Waals surface area (Å²) in [6, 6.07) is -0.230. The van der Waals surface area contributed by atoms with Crippen molar-refractivity contribution in [1.82, 2.24) is 15.2 Å². The van der Waals surface area contributed by atoms with Gasteiger partial charge in [-0.2, -0.15) is 0 Å². The maximum atomic E-state index is 12.0. The summed E-state index contributed by atoms with van der Waals surface area (Å²) >= 11 is 1.51. The fraction of sp³-hybridized carbons (Fsp3) is 0.667. The van der Waals surface area contributed by atoms with Crippen LogP contribution in [0.4, 0.5) is 9.93 Å². The molecule has 7 heteroatoms. The van der Waals surface area contributed by atoms with Gasteiger partial charge in [0.2, 0.25) is 5.91 Å². The van der Waals surface area contributed by atoms with Gasteiger partial charge in [-0.15, -0.1) is 11.3 Å². The van der Waals surface area contributed by atoms with Crippen molar-refractivity contribution in [2.75, 3.05) is 18.4 Å². The number of anilines is 1. The summed E-state index contributed by atoms with van der Waals surface area (Å²) in [6.07, 6.45) is 4.10. The minimum absolute atomic E-state index is 0.0191. The van der Waals surface area contributed by atoms with Crippen molar-refractivity contribution in [3.63, 3.8) is 0 Å². The lowest BCUT2D eigenvalue weighted by atomic mass is 10.1. The quantitative estimate of drug-likeness (QED) is 0.874. The second-order valence-corrected chi connectivity index (χ2v) is 7.12. The van der Waals surface area contributed by atoms with Gasteiger partial charge in [0.15, 0.2) is 5.13 Å². The third kappa shape index (κ3) is 4.69. The number of urea groups is 1. The summed E-state index contributed by atoms with van der Waals surface area (Å²) < 4.78 is 0. The van der Waals surface area contributed by atoms with Crippen molar-refractivity contribution in [2.24, 2.45) is 5.92 Å². The van der Waals surface area contributed by atoms with Gasteiger partial charge in [0.1, 0.15) is 0 Å². The minimum Gasteiger partial charge on any atom is -0.341 e. The number of nitrogens with zero attached hydrogens (tertiary/aromatic N) is 2. The van der Waals surface area contributed by atoms with Crippen LogP contribution in [-0.4, -0.2) is 41.0 Å². The van der Waals surface area contributed by atoms with Gasteiger partial charge in [-0.05, 0) is 18.8 Å². The van der Waals surface area contributed by atoms with Gasteiger partial charge in [0.05, 0.1) is 0 Å². The number of rotatable bonds is 5. The molecule has 0 aromatic carbocycles. The summed E-state index contributed by atoms with van der Waals surface area (Å²) in [4.78, 5) is 30.8. The minimum atomic E-state index is -0.249. The average Bonchev–Trinajstić information content (AvgIpc) is 3.07. The molecule has 6 nitrogen and oxygen atoms in total. The first kappa shape index (κ1) is 16.7. The van der Waals surface area contributed by atoms with Gasteiger partial charge in [0, 0.05) is 36.6 Å². The SMILES string of the molecule is CCC(=O)N1CCC(NC(=O)Nc2ncc(CC(C)C)s2)C1. The van der Waals surface area contributed by atoms with E-state index >= 15 is 0 Å². The molecule has 2 N–H and O–H groups in total. The van der Waals surface area contributed by atoms with Crippen molar-refractivity contribution in [2.45, 2.75) is 46.1 Å². The number of nitrogens with one attached hydrogen (secondary N) is 2. The lowest BCUT2D eigenvalue weighted by Crippen LogP contribution is -2.40. The highest BCUT2D eigenvalue weighted by Gasteiger charge is 2.26. The van der Waals surface area contributed by atoms with Gasteiger partial charge < -0.3 is 10.2 Å². The zero-order chi connectivity index (χ0) is 16.1. The summed E-state index contributed by atoms with van der Waals surface area (Å²) in [5, 5.41) is 6.30. The molecule has 1 fully saturated rings. The van der Waals surface area contributed by atoms with E-state index in [0.717, 1.165) is 12.8 Å². The fourth-order valence-electron chi connectivity index (χ4n) is 2.51.